The number of esters is 1. The van der Waals surface area contributed by atoms with Crippen molar-refractivity contribution >= 4 is 17.6 Å². The summed E-state index contributed by atoms with van der Waals surface area (Å²) in [5, 5.41) is 2.74. The number of para-hydroxylation sites is 1. The van der Waals surface area contributed by atoms with Gasteiger partial charge in [-0.2, -0.15) is 0 Å². The first-order valence-electron chi connectivity index (χ1n) is 8.09. The van der Waals surface area contributed by atoms with Gasteiger partial charge in [0.15, 0.2) is 13.2 Å². The van der Waals surface area contributed by atoms with Crippen LogP contribution in [-0.4, -0.2) is 25.1 Å². The molecule has 0 aromatic heterocycles. The van der Waals surface area contributed by atoms with Gasteiger partial charge < -0.3 is 14.8 Å². The second-order valence-electron chi connectivity index (χ2n) is 5.97. The van der Waals surface area contributed by atoms with E-state index in [-0.39, 0.29) is 19.1 Å². The molecule has 0 fully saturated rings. The zero-order valence-electron chi connectivity index (χ0n) is 15.0. The van der Waals surface area contributed by atoms with Gasteiger partial charge in [-0.05, 0) is 56.0 Å². The first-order valence-corrected chi connectivity index (χ1v) is 8.09. The maximum atomic E-state index is 11.9. The predicted molar refractivity (Wildman–Crippen MR) is 96.9 cm³/mol. The Morgan fingerprint density at radius 2 is 1.48 bits per heavy atom. The van der Waals surface area contributed by atoms with Crippen LogP contribution >= 0.6 is 0 Å². The fraction of sp³-hybridized carbons (Fsp3) is 0.300. The fourth-order valence-corrected chi connectivity index (χ4v) is 2.42. The van der Waals surface area contributed by atoms with Crippen LogP contribution in [-0.2, 0) is 14.3 Å². The van der Waals surface area contributed by atoms with Crippen molar-refractivity contribution in [1.29, 1.82) is 0 Å². The number of ether oxygens (including phenoxy) is 2. The Kier molecular flexibility index (Phi) is 6.17. The Morgan fingerprint density at radius 1 is 0.880 bits per heavy atom. The molecule has 1 N–H and O–H groups in total. The monoisotopic (exact) mass is 341 g/mol. The van der Waals surface area contributed by atoms with E-state index in [9.17, 15) is 9.59 Å². The minimum atomic E-state index is -0.584. The average molecular weight is 341 g/mol. The van der Waals surface area contributed by atoms with E-state index < -0.39 is 5.97 Å². The van der Waals surface area contributed by atoms with Crippen LogP contribution in [0.1, 0.15) is 22.3 Å². The predicted octanol–water partition coefficient (Wildman–Crippen LogP) is 3.48. The summed E-state index contributed by atoms with van der Waals surface area (Å²) >= 11 is 0. The van der Waals surface area contributed by atoms with Crippen LogP contribution in [0, 0.1) is 27.7 Å². The standard InChI is InChI=1S/C20H23NO4/c1-13-7-6-10-17(16(13)4)21-18(22)11-24-19(23)12-25-20-14(2)8-5-9-15(20)3/h5-10H,11-12H2,1-4H3,(H,21,22). The molecule has 132 valence electrons. The molecule has 25 heavy (non-hydrogen) atoms. The molecule has 5 heteroatoms. The summed E-state index contributed by atoms with van der Waals surface area (Å²) in [6.45, 7) is 7.13. The molecule has 0 heterocycles. The van der Waals surface area contributed by atoms with Crippen molar-refractivity contribution in [3.05, 3.63) is 58.7 Å². The largest absolute Gasteiger partial charge is 0.481 e. The highest BCUT2D eigenvalue weighted by molar-refractivity contribution is 5.93. The number of carbonyl (C=O) groups excluding carboxylic acids is 2. The molecule has 0 bridgehead atoms. The van der Waals surface area contributed by atoms with Crippen LogP contribution in [0.25, 0.3) is 0 Å². The van der Waals surface area contributed by atoms with Crippen LogP contribution in [0.15, 0.2) is 36.4 Å². The molecule has 0 atom stereocenters. The molecule has 2 rings (SSSR count). The third-order valence-corrected chi connectivity index (χ3v) is 3.99. The highest BCUT2D eigenvalue weighted by Gasteiger charge is 2.11. The van der Waals surface area contributed by atoms with Gasteiger partial charge in [0.25, 0.3) is 5.91 Å². The van der Waals surface area contributed by atoms with Gasteiger partial charge in [0.2, 0.25) is 0 Å². The fourth-order valence-electron chi connectivity index (χ4n) is 2.42. The lowest BCUT2D eigenvalue weighted by molar-refractivity contribution is -0.149. The second-order valence-corrected chi connectivity index (χ2v) is 5.97. The summed E-state index contributed by atoms with van der Waals surface area (Å²) in [6, 6.07) is 11.4. The zero-order chi connectivity index (χ0) is 18.4. The summed E-state index contributed by atoms with van der Waals surface area (Å²) in [7, 11) is 0. The van der Waals surface area contributed by atoms with Crippen molar-refractivity contribution in [1.82, 2.24) is 0 Å². The number of hydrogen-bond donors (Lipinski definition) is 1. The Bertz CT molecular complexity index is 763. The van der Waals surface area contributed by atoms with Crippen molar-refractivity contribution < 1.29 is 19.1 Å². The number of rotatable bonds is 6. The second kappa shape index (κ2) is 8.33. The number of hydrogen-bond acceptors (Lipinski definition) is 4. The number of anilines is 1. The first-order chi connectivity index (χ1) is 11.9. The molecule has 1 amide bonds. The number of nitrogens with one attached hydrogen (secondary N) is 1. The minimum Gasteiger partial charge on any atom is -0.481 e. The molecule has 0 aliphatic heterocycles. The molecule has 0 saturated carbocycles. The molecule has 0 aliphatic carbocycles. The van der Waals surface area contributed by atoms with E-state index in [1.54, 1.807) is 0 Å². The lowest BCUT2D eigenvalue weighted by Crippen LogP contribution is -2.24. The minimum absolute atomic E-state index is 0.234. The SMILES string of the molecule is Cc1cccc(NC(=O)COC(=O)COc2c(C)cccc2C)c1C. The van der Waals surface area contributed by atoms with Crippen LogP contribution in [0.3, 0.4) is 0 Å². The van der Waals surface area contributed by atoms with Gasteiger partial charge in [-0.25, -0.2) is 4.79 Å². The topological polar surface area (TPSA) is 64.6 Å². The van der Waals surface area contributed by atoms with E-state index in [2.05, 4.69) is 5.32 Å². The Labute approximate surface area is 148 Å². The highest BCUT2D eigenvalue weighted by atomic mass is 16.6. The maximum Gasteiger partial charge on any atom is 0.344 e. The third kappa shape index (κ3) is 5.08. The maximum absolute atomic E-state index is 11.9. The Hall–Kier alpha value is -2.82. The van der Waals surface area contributed by atoms with Gasteiger partial charge >= 0.3 is 5.97 Å². The van der Waals surface area contributed by atoms with Gasteiger partial charge in [0.05, 0.1) is 0 Å². The van der Waals surface area contributed by atoms with E-state index in [1.807, 2.05) is 64.1 Å². The van der Waals surface area contributed by atoms with Crippen molar-refractivity contribution in [2.24, 2.45) is 0 Å². The molecular formula is C20H23NO4. The van der Waals surface area contributed by atoms with Crippen molar-refractivity contribution in [2.75, 3.05) is 18.5 Å². The van der Waals surface area contributed by atoms with Gasteiger partial charge in [0, 0.05) is 5.69 Å². The summed E-state index contributed by atoms with van der Waals surface area (Å²) < 4.78 is 10.5. The average Bonchev–Trinajstić information content (AvgIpc) is 2.57. The van der Waals surface area contributed by atoms with Crippen LogP contribution in [0.5, 0.6) is 5.75 Å². The normalized spacial score (nSPS) is 10.2. The van der Waals surface area contributed by atoms with Gasteiger partial charge in [-0.1, -0.05) is 30.3 Å². The summed E-state index contributed by atoms with van der Waals surface area (Å²) in [4.78, 5) is 23.7. The van der Waals surface area contributed by atoms with Crippen LogP contribution in [0.2, 0.25) is 0 Å². The highest BCUT2D eigenvalue weighted by Crippen LogP contribution is 2.22. The lowest BCUT2D eigenvalue weighted by atomic mass is 10.1. The van der Waals surface area contributed by atoms with E-state index >= 15 is 0 Å². The molecule has 0 saturated heterocycles. The lowest BCUT2D eigenvalue weighted by Gasteiger charge is -2.12. The third-order valence-electron chi connectivity index (χ3n) is 3.99. The van der Waals surface area contributed by atoms with Crippen LogP contribution < -0.4 is 10.1 Å². The number of amides is 1. The summed E-state index contributed by atoms with van der Waals surface area (Å²) in [5.74, 6) is -0.299. The molecule has 0 unspecified atom stereocenters. The Balaban J connectivity index is 1.81. The van der Waals surface area contributed by atoms with Crippen molar-refractivity contribution in [2.45, 2.75) is 27.7 Å². The first kappa shape index (κ1) is 18.5. The summed E-state index contributed by atoms with van der Waals surface area (Å²) in [5.41, 5.74) is 4.67. The van der Waals surface area contributed by atoms with Gasteiger partial charge in [-0.3, -0.25) is 4.79 Å². The van der Waals surface area contributed by atoms with Gasteiger partial charge in [0.1, 0.15) is 5.75 Å². The van der Waals surface area contributed by atoms with E-state index in [1.165, 1.54) is 0 Å². The van der Waals surface area contributed by atoms with Crippen LogP contribution in [0.4, 0.5) is 5.69 Å². The van der Waals surface area contributed by atoms with Gasteiger partial charge in [-0.15, -0.1) is 0 Å². The number of carbonyl (C=O) groups is 2. The number of benzene rings is 2. The zero-order valence-corrected chi connectivity index (χ0v) is 15.0. The quantitative estimate of drug-likeness (QED) is 0.817. The Morgan fingerprint density at radius 3 is 2.16 bits per heavy atom. The van der Waals surface area contributed by atoms with Crippen molar-refractivity contribution in [3.8, 4) is 5.75 Å². The van der Waals surface area contributed by atoms with E-state index in [4.69, 9.17) is 9.47 Å². The smallest absolute Gasteiger partial charge is 0.344 e. The van der Waals surface area contributed by atoms with E-state index in [0.717, 1.165) is 22.3 Å². The summed E-state index contributed by atoms with van der Waals surface area (Å²) in [6.07, 6.45) is 0. The molecule has 2 aromatic rings. The molecule has 2 aromatic carbocycles. The van der Waals surface area contributed by atoms with Crippen molar-refractivity contribution in [3.63, 3.8) is 0 Å². The van der Waals surface area contributed by atoms with E-state index in [0.29, 0.717) is 11.4 Å². The molecule has 5 nitrogen and oxygen atoms in total. The number of aryl methyl sites for hydroxylation is 3. The molecule has 0 spiro atoms. The molecular weight excluding hydrogens is 318 g/mol. The molecule has 0 aliphatic rings. The molecule has 0 radical (unpaired) electrons.